The summed E-state index contributed by atoms with van der Waals surface area (Å²) in [7, 11) is 1.51. The maximum atomic E-state index is 12.3. The van der Waals surface area contributed by atoms with E-state index in [4.69, 9.17) is 4.74 Å². The van der Waals surface area contributed by atoms with Gasteiger partial charge in [0.05, 0.1) is 7.11 Å². The fourth-order valence-electron chi connectivity index (χ4n) is 2.92. The lowest BCUT2D eigenvalue weighted by atomic mass is 10.1. The van der Waals surface area contributed by atoms with Crippen LogP contribution in [0.25, 0.3) is 0 Å². The molecule has 0 radical (unpaired) electrons. The Morgan fingerprint density at radius 1 is 1.28 bits per heavy atom. The molecule has 1 aromatic carbocycles. The lowest BCUT2D eigenvalue weighted by Gasteiger charge is -2.16. The van der Waals surface area contributed by atoms with Crippen molar-refractivity contribution < 1.29 is 14.3 Å². The summed E-state index contributed by atoms with van der Waals surface area (Å²) in [6.07, 6.45) is 3.13. The van der Waals surface area contributed by atoms with Crippen molar-refractivity contribution in [2.75, 3.05) is 13.7 Å². The molecule has 0 aliphatic carbocycles. The summed E-state index contributed by atoms with van der Waals surface area (Å²) >= 11 is 0. The van der Waals surface area contributed by atoms with Crippen molar-refractivity contribution in [1.29, 1.82) is 0 Å². The van der Waals surface area contributed by atoms with Gasteiger partial charge < -0.3 is 15.0 Å². The van der Waals surface area contributed by atoms with E-state index in [2.05, 4.69) is 10.3 Å². The number of pyridine rings is 1. The lowest BCUT2D eigenvalue weighted by molar-refractivity contribution is -0.128. The molecule has 0 unspecified atom stereocenters. The van der Waals surface area contributed by atoms with Crippen molar-refractivity contribution in [2.45, 2.75) is 25.9 Å². The maximum absolute atomic E-state index is 12.3. The number of nitrogens with zero attached hydrogens (tertiary/aromatic N) is 2. The normalized spacial score (nSPS) is 13.8. The average molecular weight is 339 g/mol. The zero-order valence-corrected chi connectivity index (χ0v) is 14.2. The van der Waals surface area contributed by atoms with Gasteiger partial charge in [0.25, 0.3) is 5.91 Å². The smallest absolute Gasteiger partial charge is 0.274 e. The summed E-state index contributed by atoms with van der Waals surface area (Å²) in [5.74, 6) is 0.375. The number of ether oxygens (including phenoxy) is 1. The zero-order valence-electron chi connectivity index (χ0n) is 14.2. The number of likely N-dealkylation sites (tertiary alicyclic amines) is 1. The first-order chi connectivity index (χ1) is 12.2. The van der Waals surface area contributed by atoms with Crippen molar-refractivity contribution in [3.8, 4) is 5.75 Å². The molecule has 6 heteroatoms. The first-order valence-corrected chi connectivity index (χ1v) is 8.30. The number of nitrogens with one attached hydrogen (secondary N) is 1. The minimum atomic E-state index is -0.280. The van der Waals surface area contributed by atoms with Crippen LogP contribution >= 0.6 is 0 Å². The predicted molar refractivity (Wildman–Crippen MR) is 93.1 cm³/mol. The van der Waals surface area contributed by atoms with Gasteiger partial charge in [-0.15, -0.1) is 0 Å². The van der Waals surface area contributed by atoms with Crippen LogP contribution in [0.5, 0.6) is 5.75 Å². The molecule has 1 aromatic heterocycles. The quantitative estimate of drug-likeness (QED) is 0.875. The molecule has 2 heterocycles. The van der Waals surface area contributed by atoms with E-state index in [0.717, 1.165) is 24.1 Å². The predicted octanol–water partition coefficient (Wildman–Crippen LogP) is 2.14. The minimum absolute atomic E-state index is 0.209. The molecule has 1 saturated heterocycles. The summed E-state index contributed by atoms with van der Waals surface area (Å²) in [6, 6.07) is 11.3. The highest BCUT2D eigenvalue weighted by Crippen LogP contribution is 2.16. The van der Waals surface area contributed by atoms with E-state index >= 15 is 0 Å². The molecule has 1 aliphatic rings. The highest BCUT2D eigenvalue weighted by atomic mass is 16.5. The van der Waals surface area contributed by atoms with Crippen molar-refractivity contribution >= 4 is 11.8 Å². The molecule has 0 saturated carbocycles. The molecule has 1 N–H and O–H groups in total. The van der Waals surface area contributed by atoms with Gasteiger partial charge in [-0.2, -0.15) is 0 Å². The van der Waals surface area contributed by atoms with Crippen LogP contribution in [0.2, 0.25) is 0 Å². The summed E-state index contributed by atoms with van der Waals surface area (Å²) in [6.45, 7) is 1.83. The summed E-state index contributed by atoms with van der Waals surface area (Å²) < 4.78 is 5.16. The lowest BCUT2D eigenvalue weighted by Crippen LogP contribution is -2.25. The largest absolute Gasteiger partial charge is 0.494 e. The van der Waals surface area contributed by atoms with E-state index in [0.29, 0.717) is 25.3 Å². The van der Waals surface area contributed by atoms with Gasteiger partial charge in [-0.1, -0.05) is 24.3 Å². The van der Waals surface area contributed by atoms with Crippen molar-refractivity contribution in [3.63, 3.8) is 0 Å². The Bertz CT molecular complexity index is 776. The van der Waals surface area contributed by atoms with Crippen LogP contribution in [-0.2, 0) is 17.9 Å². The molecule has 0 spiro atoms. The standard InChI is InChI=1S/C19H21N3O3/c1-25-16-7-3-9-20-18(16)19(24)21-12-14-5-2-6-15(11-14)13-22-10-4-8-17(22)23/h2-3,5-7,9,11H,4,8,10,12-13H2,1H3,(H,21,24). The van der Waals surface area contributed by atoms with Gasteiger partial charge in [-0.05, 0) is 29.7 Å². The van der Waals surface area contributed by atoms with Gasteiger partial charge in [0, 0.05) is 32.3 Å². The first-order valence-electron chi connectivity index (χ1n) is 8.30. The van der Waals surface area contributed by atoms with Crippen LogP contribution in [-0.4, -0.2) is 35.4 Å². The molecule has 1 aliphatic heterocycles. The van der Waals surface area contributed by atoms with E-state index in [1.165, 1.54) is 7.11 Å². The Morgan fingerprint density at radius 2 is 2.12 bits per heavy atom. The number of aromatic nitrogens is 1. The van der Waals surface area contributed by atoms with Crippen LogP contribution in [0.1, 0.15) is 34.5 Å². The molecule has 6 nitrogen and oxygen atoms in total. The first kappa shape index (κ1) is 17.0. The third kappa shape index (κ3) is 4.15. The Hall–Kier alpha value is -2.89. The molecule has 2 aromatic rings. The Morgan fingerprint density at radius 3 is 2.88 bits per heavy atom. The SMILES string of the molecule is COc1cccnc1C(=O)NCc1cccc(CN2CCCC2=O)c1. The molecule has 0 atom stereocenters. The topological polar surface area (TPSA) is 71.5 Å². The van der Waals surface area contributed by atoms with Crippen molar-refractivity contribution in [1.82, 2.24) is 15.2 Å². The number of amides is 2. The third-order valence-corrected chi connectivity index (χ3v) is 4.19. The summed E-state index contributed by atoms with van der Waals surface area (Å²) in [4.78, 5) is 30.0. The second-order valence-corrected chi connectivity index (χ2v) is 5.98. The second-order valence-electron chi connectivity index (χ2n) is 5.98. The van der Waals surface area contributed by atoms with E-state index in [1.54, 1.807) is 18.3 Å². The van der Waals surface area contributed by atoms with Crippen LogP contribution in [0.15, 0.2) is 42.6 Å². The summed E-state index contributed by atoms with van der Waals surface area (Å²) in [5.41, 5.74) is 2.31. The highest BCUT2D eigenvalue weighted by molar-refractivity contribution is 5.94. The van der Waals surface area contributed by atoms with Crippen LogP contribution < -0.4 is 10.1 Å². The van der Waals surface area contributed by atoms with Crippen molar-refractivity contribution in [3.05, 3.63) is 59.4 Å². The third-order valence-electron chi connectivity index (χ3n) is 4.19. The van der Waals surface area contributed by atoms with E-state index < -0.39 is 0 Å². The number of rotatable bonds is 6. The average Bonchev–Trinajstić information content (AvgIpc) is 3.04. The van der Waals surface area contributed by atoms with Gasteiger partial charge in [0.15, 0.2) is 5.69 Å². The summed E-state index contributed by atoms with van der Waals surface area (Å²) in [5, 5.41) is 2.86. The van der Waals surface area contributed by atoms with E-state index in [-0.39, 0.29) is 17.5 Å². The molecular formula is C19H21N3O3. The van der Waals surface area contributed by atoms with Crippen LogP contribution in [0.4, 0.5) is 0 Å². The van der Waals surface area contributed by atoms with Gasteiger partial charge in [0.1, 0.15) is 5.75 Å². The van der Waals surface area contributed by atoms with Gasteiger partial charge >= 0.3 is 0 Å². The Balaban J connectivity index is 1.62. The van der Waals surface area contributed by atoms with Crippen molar-refractivity contribution in [2.24, 2.45) is 0 Å². The maximum Gasteiger partial charge on any atom is 0.274 e. The molecule has 2 amide bonds. The van der Waals surface area contributed by atoms with Crippen LogP contribution in [0, 0.1) is 0 Å². The fourth-order valence-corrected chi connectivity index (χ4v) is 2.92. The molecule has 130 valence electrons. The van der Waals surface area contributed by atoms with Gasteiger partial charge in [0.2, 0.25) is 5.91 Å². The number of hydrogen-bond donors (Lipinski definition) is 1. The zero-order chi connectivity index (χ0) is 17.6. The van der Waals surface area contributed by atoms with Gasteiger partial charge in [-0.25, -0.2) is 4.98 Å². The minimum Gasteiger partial charge on any atom is -0.494 e. The highest BCUT2D eigenvalue weighted by Gasteiger charge is 2.20. The number of hydrogen-bond acceptors (Lipinski definition) is 4. The van der Waals surface area contributed by atoms with E-state index in [1.807, 2.05) is 29.2 Å². The van der Waals surface area contributed by atoms with E-state index in [9.17, 15) is 9.59 Å². The monoisotopic (exact) mass is 339 g/mol. The number of carbonyl (C=O) groups excluding carboxylic acids is 2. The number of methoxy groups -OCH3 is 1. The second kappa shape index (κ2) is 7.79. The molecule has 25 heavy (non-hydrogen) atoms. The number of benzene rings is 1. The van der Waals surface area contributed by atoms with Gasteiger partial charge in [-0.3, -0.25) is 9.59 Å². The van der Waals surface area contributed by atoms with Crippen LogP contribution in [0.3, 0.4) is 0 Å². The fraction of sp³-hybridized carbons (Fsp3) is 0.316. The number of carbonyl (C=O) groups is 2. The molecule has 3 rings (SSSR count). The molecular weight excluding hydrogens is 318 g/mol. The molecule has 1 fully saturated rings. The Labute approximate surface area is 146 Å². The Kier molecular flexibility index (Phi) is 5.28. The molecule has 0 bridgehead atoms.